The van der Waals surface area contributed by atoms with E-state index < -0.39 is 0 Å². The number of methoxy groups -OCH3 is 2. The molecule has 0 radical (unpaired) electrons. The summed E-state index contributed by atoms with van der Waals surface area (Å²) in [5.41, 5.74) is 2.33. The van der Waals surface area contributed by atoms with Gasteiger partial charge in [0, 0.05) is 37.3 Å². The van der Waals surface area contributed by atoms with E-state index in [0.717, 1.165) is 17.9 Å². The Morgan fingerprint density at radius 3 is 2.47 bits per heavy atom. The van der Waals surface area contributed by atoms with Gasteiger partial charge >= 0.3 is 0 Å². The second kappa shape index (κ2) is 9.92. The van der Waals surface area contributed by atoms with E-state index in [-0.39, 0.29) is 0 Å². The number of nitrogens with one attached hydrogen (secondary N) is 1. The second-order valence-corrected chi connectivity index (χ2v) is 8.07. The molecule has 0 fully saturated rings. The number of hydrogen-bond donors (Lipinski definition) is 1. The molecule has 1 N–H and O–H groups in total. The minimum Gasteiger partial charge on any atom is -0.494 e. The lowest BCUT2D eigenvalue weighted by Crippen LogP contribution is -2.07. The molecule has 0 saturated carbocycles. The fourth-order valence-corrected chi connectivity index (χ4v) is 3.93. The maximum absolute atomic E-state index is 5.91. The van der Waals surface area contributed by atoms with Crippen LogP contribution in [-0.2, 0) is 13.5 Å². The average molecular weight is 472 g/mol. The van der Waals surface area contributed by atoms with Gasteiger partial charge in [0.2, 0.25) is 5.95 Å². The second-order valence-electron chi connectivity index (χ2n) is 6.74. The Morgan fingerprint density at radius 2 is 1.84 bits per heavy atom. The van der Waals surface area contributed by atoms with Crippen LogP contribution in [0.5, 0.6) is 11.5 Å². The molecule has 166 valence electrons. The van der Waals surface area contributed by atoms with Gasteiger partial charge in [0.05, 0.1) is 19.2 Å². The minimum atomic E-state index is 0.530. The summed E-state index contributed by atoms with van der Waals surface area (Å²) in [4.78, 5) is 4.33. The van der Waals surface area contributed by atoms with Crippen molar-refractivity contribution in [3.8, 4) is 28.7 Å². The van der Waals surface area contributed by atoms with Gasteiger partial charge in [-0.25, -0.2) is 0 Å². The van der Waals surface area contributed by atoms with Gasteiger partial charge in [0.1, 0.15) is 22.9 Å². The third kappa shape index (κ3) is 4.66. The summed E-state index contributed by atoms with van der Waals surface area (Å²) >= 11 is 7.41. The van der Waals surface area contributed by atoms with Crippen LogP contribution >= 0.6 is 23.5 Å². The molecule has 0 bridgehead atoms. The summed E-state index contributed by atoms with van der Waals surface area (Å²) in [7, 11) is 5.09. The lowest BCUT2D eigenvalue weighted by atomic mass is 10.2. The topological polar surface area (TPSA) is 91.9 Å². The third-order valence-electron chi connectivity index (χ3n) is 4.64. The van der Waals surface area contributed by atoms with Crippen LogP contribution in [0.3, 0.4) is 0 Å². The molecule has 11 heteroatoms. The van der Waals surface area contributed by atoms with Crippen LogP contribution in [0.4, 0.5) is 5.95 Å². The number of nitrogens with zero attached hydrogens (tertiary/aromatic N) is 6. The minimum absolute atomic E-state index is 0.530. The molecule has 4 aromatic rings. The van der Waals surface area contributed by atoms with Crippen LogP contribution in [0.1, 0.15) is 5.69 Å². The van der Waals surface area contributed by atoms with Gasteiger partial charge in [0.25, 0.3) is 0 Å². The monoisotopic (exact) mass is 471 g/mol. The highest BCUT2D eigenvalue weighted by molar-refractivity contribution is 8.00. The number of aromatic nitrogens is 6. The maximum Gasteiger partial charge on any atom is 0.239 e. The first kappa shape index (κ1) is 22.0. The summed E-state index contributed by atoms with van der Waals surface area (Å²) < 4.78 is 18.1. The van der Waals surface area contributed by atoms with Crippen molar-refractivity contribution in [2.45, 2.75) is 6.42 Å². The quantitative estimate of drug-likeness (QED) is 0.289. The highest BCUT2D eigenvalue weighted by Gasteiger charge is 2.23. The number of rotatable bonds is 9. The lowest BCUT2D eigenvalue weighted by Gasteiger charge is -2.17. The highest BCUT2D eigenvalue weighted by atomic mass is 35.5. The zero-order valence-electron chi connectivity index (χ0n) is 17.8. The Morgan fingerprint density at radius 1 is 1.06 bits per heavy atom. The van der Waals surface area contributed by atoms with E-state index in [0.29, 0.717) is 39.7 Å². The molecule has 3 heterocycles. The average Bonchev–Trinajstić information content (AvgIpc) is 3.43. The Kier molecular flexibility index (Phi) is 6.81. The van der Waals surface area contributed by atoms with Crippen molar-refractivity contribution in [3.63, 3.8) is 0 Å². The Balaban J connectivity index is 1.65. The van der Waals surface area contributed by atoms with Crippen LogP contribution < -0.4 is 14.2 Å². The number of ether oxygens (including phenoxy) is 2. The maximum atomic E-state index is 5.91. The van der Waals surface area contributed by atoms with Crippen molar-refractivity contribution in [1.29, 1.82) is 0 Å². The fourth-order valence-electron chi connectivity index (χ4n) is 3.14. The number of hydrogen-bond acceptors (Lipinski definition) is 8. The van der Waals surface area contributed by atoms with Crippen molar-refractivity contribution in [2.75, 3.05) is 24.7 Å². The predicted molar refractivity (Wildman–Crippen MR) is 126 cm³/mol. The van der Waals surface area contributed by atoms with Gasteiger partial charge in [0.15, 0.2) is 5.82 Å². The van der Waals surface area contributed by atoms with Gasteiger partial charge in [-0.1, -0.05) is 17.7 Å². The van der Waals surface area contributed by atoms with Gasteiger partial charge in [-0.2, -0.15) is 5.10 Å². The summed E-state index contributed by atoms with van der Waals surface area (Å²) in [6.45, 7) is 0. The van der Waals surface area contributed by atoms with Crippen LogP contribution in [-0.4, -0.2) is 49.5 Å². The number of benzene rings is 1. The zero-order valence-corrected chi connectivity index (χ0v) is 19.4. The molecule has 0 saturated heterocycles. The van der Waals surface area contributed by atoms with Crippen molar-refractivity contribution in [2.24, 2.45) is 7.05 Å². The fraction of sp³-hybridized carbons (Fsp3) is 0.238. The van der Waals surface area contributed by atoms with E-state index in [1.54, 1.807) is 25.1 Å². The van der Waals surface area contributed by atoms with Gasteiger partial charge in [-0.05, 0) is 42.3 Å². The normalized spacial score (nSPS) is 10.9. The molecule has 0 aliphatic rings. The largest absolute Gasteiger partial charge is 0.494 e. The van der Waals surface area contributed by atoms with E-state index >= 15 is 0 Å². The first-order valence-corrected chi connectivity index (χ1v) is 11.1. The molecule has 3 aromatic heterocycles. The van der Waals surface area contributed by atoms with E-state index in [2.05, 4.69) is 25.0 Å². The molecule has 9 nitrogen and oxygen atoms in total. The summed E-state index contributed by atoms with van der Waals surface area (Å²) in [6, 6.07) is 11.2. The molecule has 4 rings (SSSR count). The summed E-state index contributed by atoms with van der Waals surface area (Å²) in [5.74, 6) is 3.11. The molecular formula is C21H22ClN7O2S. The lowest BCUT2D eigenvalue weighted by molar-refractivity contribution is 0.391. The van der Waals surface area contributed by atoms with Gasteiger partial charge < -0.3 is 9.47 Å². The first-order valence-electron chi connectivity index (χ1n) is 9.75. The third-order valence-corrected chi connectivity index (χ3v) is 5.60. The van der Waals surface area contributed by atoms with E-state index in [9.17, 15) is 0 Å². The SMILES string of the molecule is COc1cccc(OC)c1-n1c(NSCCc2ccc(Cl)cn2)nnc1-c1ccn(C)n1. The molecule has 1 aromatic carbocycles. The van der Waals surface area contributed by atoms with Crippen molar-refractivity contribution in [1.82, 2.24) is 29.5 Å². The van der Waals surface area contributed by atoms with Crippen LogP contribution in [0.2, 0.25) is 5.02 Å². The van der Waals surface area contributed by atoms with E-state index in [1.807, 2.05) is 54.2 Å². The standard InChI is InChI=1S/C21H22ClN7O2S/c1-28-11-9-16(26-28)20-24-25-21(27-32-12-10-15-8-7-14(22)13-23-15)29(20)19-17(30-2)5-4-6-18(19)31-3/h4-9,11,13H,10,12H2,1-3H3,(H,25,27). The molecule has 32 heavy (non-hydrogen) atoms. The molecular weight excluding hydrogens is 450 g/mol. The Bertz CT molecular complexity index is 1170. The molecule has 0 aliphatic heterocycles. The summed E-state index contributed by atoms with van der Waals surface area (Å²) in [6.07, 6.45) is 4.28. The number of pyridine rings is 1. The van der Waals surface area contributed by atoms with Crippen molar-refractivity contribution >= 4 is 29.5 Å². The van der Waals surface area contributed by atoms with Crippen LogP contribution in [0.15, 0.2) is 48.8 Å². The van der Waals surface area contributed by atoms with Crippen molar-refractivity contribution in [3.05, 3.63) is 59.5 Å². The van der Waals surface area contributed by atoms with Crippen molar-refractivity contribution < 1.29 is 9.47 Å². The van der Waals surface area contributed by atoms with E-state index in [4.69, 9.17) is 21.1 Å². The first-order chi connectivity index (χ1) is 15.6. The summed E-state index contributed by atoms with van der Waals surface area (Å²) in [5, 5.41) is 13.9. The van der Waals surface area contributed by atoms with E-state index in [1.165, 1.54) is 11.9 Å². The predicted octanol–water partition coefficient (Wildman–Crippen LogP) is 4.04. The molecule has 0 spiro atoms. The smallest absolute Gasteiger partial charge is 0.239 e. The number of halogens is 1. The molecule has 0 amide bonds. The Hall–Kier alpha value is -3.24. The highest BCUT2D eigenvalue weighted by Crippen LogP contribution is 2.37. The Labute approximate surface area is 194 Å². The number of anilines is 1. The van der Waals surface area contributed by atoms with Crippen LogP contribution in [0, 0.1) is 0 Å². The van der Waals surface area contributed by atoms with Gasteiger partial charge in [-0.3, -0.25) is 19.0 Å². The number of para-hydroxylation sites is 1. The molecule has 0 unspecified atom stereocenters. The van der Waals surface area contributed by atoms with Gasteiger partial charge in [-0.15, -0.1) is 10.2 Å². The molecule has 0 aliphatic carbocycles. The molecule has 0 atom stereocenters. The van der Waals surface area contributed by atoms with Crippen LogP contribution in [0.25, 0.3) is 17.2 Å². The number of aryl methyl sites for hydroxylation is 2. The zero-order chi connectivity index (χ0) is 22.5.